The van der Waals surface area contributed by atoms with Gasteiger partial charge >= 0.3 is 0 Å². The van der Waals surface area contributed by atoms with E-state index in [1.807, 2.05) is 6.20 Å². The Morgan fingerprint density at radius 2 is 2.04 bits per heavy atom. The van der Waals surface area contributed by atoms with E-state index < -0.39 is 0 Å². The molecule has 2 saturated heterocycles. The molecule has 0 unspecified atom stereocenters. The highest BCUT2D eigenvalue weighted by Crippen LogP contribution is 2.18. The van der Waals surface area contributed by atoms with Gasteiger partial charge in [-0.25, -0.2) is 0 Å². The number of hydrogen-bond donors (Lipinski definition) is 2. The van der Waals surface area contributed by atoms with Crippen LogP contribution in [0, 0.1) is 0 Å². The first kappa shape index (κ1) is 15.6. The summed E-state index contributed by atoms with van der Waals surface area (Å²) in [6.45, 7) is 6.22. The Hall–Kier alpha value is -1.92. The lowest BCUT2D eigenvalue weighted by atomic mass is 10.1. The Bertz CT molecular complexity index is 704. The quantitative estimate of drug-likeness (QED) is 0.893. The van der Waals surface area contributed by atoms with Gasteiger partial charge in [0.15, 0.2) is 0 Å². The Kier molecular flexibility index (Phi) is 4.49. The van der Waals surface area contributed by atoms with Crippen molar-refractivity contribution in [3.8, 4) is 0 Å². The van der Waals surface area contributed by atoms with Crippen molar-refractivity contribution in [2.24, 2.45) is 0 Å². The Morgan fingerprint density at radius 1 is 1.17 bits per heavy atom. The number of nitrogens with one attached hydrogen (secondary N) is 2. The number of fused-ring (bicyclic) bond motifs is 1. The summed E-state index contributed by atoms with van der Waals surface area (Å²) in [4.78, 5) is 16.6. The number of carbonyl (C=O) groups is 1. The van der Waals surface area contributed by atoms with Gasteiger partial charge in [0.1, 0.15) is 0 Å². The maximum atomic E-state index is 11.5. The molecule has 0 bridgehead atoms. The second kappa shape index (κ2) is 6.91. The maximum absolute atomic E-state index is 11.5. The van der Waals surface area contributed by atoms with E-state index in [1.54, 1.807) is 0 Å². The smallest absolute Gasteiger partial charge is 0.220 e. The molecule has 2 N–H and O–H groups in total. The Labute approximate surface area is 142 Å². The number of hydrogen-bond acceptors (Lipinski definition) is 4. The number of piperazine rings is 1. The lowest BCUT2D eigenvalue weighted by Gasteiger charge is -2.39. The van der Waals surface area contributed by atoms with E-state index in [0.29, 0.717) is 12.5 Å². The number of carbonyl (C=O) groups excluding carboxylic acids is 1. The van der Waals surface area contributed by atoms with Crippen LogP contribution in [0.4, 0.5) is 0 Å². The van der Waals surface area contributed by atoms with Gasteiger partial charge in [0.2, 0.25) is 5.91 Å². The van der Waals surface area contributed by atoms with Crippen molar-refractivity contribution in [3.63, 3.8) is 0 Å². The number of nitrogens with zero attached hydrogens (tertiary/aromatic N) is 3. The normalized spacial score (nSPS) is 24.0. The molecule has 1 aromatic heterocycles. The number of rotatable bonds is 3. The van der Waals surface area contributed by atoms with Gasteiger partial charge < -0.3 is 5.32 Å². The van der Waals surface area contributed by atoms with Crippen LogP contribution in [0.2, 0.25) is 0 Å². The van der Waals surface area contributed by atoms with E-state index in [2.05, 4.69) is 43.5 Å². The van der Waals surface area contributed by atoms with Crippen LogP contribution in [0.15, 0.2) is 24.4 Å². The minimum absolute atomic E-state index is 0.213. The summed E-state index contributed by atoms with van der Waals surface area (Å²) in [5, 5.41) is 11.3. The molecular weight excluding hydrogens is 302 g/mol. The standard InChI is InChI=1S/C18H25N5O/c24-18-4-3-16(5-6-19-18)23-9-7-22(8-10-23)13-14-1-2-15-12-20-21-17(15)11-14/h1-2,11-12,16H,3-10,13H2,(H,19,24)(H,20,21)/t16-/m0/s1. The lowest BCUT2D eigenvalue weighted by Crippen LogP contribution is -2.50. The molecule has 0 radical (unpaired) electrons. The summed E-state index contributed by atoms with van der Waals surface area (Å²) >= 11 is 0. The number of aromatic nitrogens is 2. The average molecular weight is 327 g/mol. The van der Waals surface area contributed by atoms with Gasteiger partial charge in [-0.1, -0.05) is 12.1 Å². The van der Waals surface area contributed by atoms with E-state index in [4.69, 9.17) is 0 Å². The SMILES string of the molecule is O=C1CC[C@H](N2CCN(Cc3ccc4cn[nH]c4c3)CC2)CCN1. The zero-order valence-corrected chi connectivity index (χ0v) is 14.0. The molecular formula is C18H25N5O. The third kappa shape index (κ3) is 3.44. The van der Waals surface area contributed by atoms with Gasteiger partial charge in [0.05, 0.1) is 11.7 Å². The lowest BCUT2D eigenvalue weighted by molar-refractivity contribution is -0.120. The molecule has 1 atom stereocenters. The summed E-state index contributed by atoms with van der Waals surface area (Å²) in [6.07, 6.45) is 4.63. The van der Waals surface area contributed by atoms with Gasteiger partial charge in [-0.3, -0.25) is 19.7 Å². The van der Waals surface area contributed by atoms with Gasteiger partial charge in [0, 0.05) is 57.1 Å². The molecule has 0 aliphatic carbocycles. The molecule has 2 aromatic rings. The maximum Gasteiger partial charge on any atom is 0.220 e. The first-order valence-corrected chi connectivity index (χ1v) is 8.93. The van der Waals surface area contributed by atoms with Crippen molar-refractivity contribution in [1.29, 1.82) is 0 Å². The second-order valence-electron chi connectivity index (χ2n) is 6.93. The molecule has 3 heterocycles. The largest absolute Gasteiger partial charge is 0.356 e. The number of benzene rings is 1. The molecule has 0 spiro atoms. The van der Waals surface area contributed by atoms with Crippen molar-refractivity contribution < 1.29 is 4.79 Å². The summed E-state index contributed by atoms with van der Waals surface area (Å²) < 4.78 is 0. The molecule has 24 heavy (non-hydrogen) atoms. The van der Waals surface area contributed by atoms with Crippen molar-refractivity contribution in [2.75, 3.05) is 32.7 Å². The third-order valence-electron chi connectivity index (χ3n) is 5.34. The number of aromatic amines is 1. The number of H-pyrrole nitrogens is 1. The summed E-state index contributed by atoms with van der Waals surface area (Å²) in [5.74, 6) is 0.213. The van der Waals surface area contributed by atoms with Crippen LogP contribution < -0.4 is 5.32 Å². The summed E-state index contributed by atoms with van der Waals surface area (Å²) in [6, 6.07) is 7.11. The Morgan fingerprint density at radius 3 is 2.92 bits per heavy atom. The third-order valence-corrected chi connectivity index (χ3v) is 5.34. The molecule has 2 aliphatic rings. The monoisotopic (exact) mass is 327 g/mol. The first-order valence-electron chi connectivity index (χ1n) is 8.93. The Balaban J connectivity index is 1.31. The zero-order chi connectivity index (χ0) is 16.4. The first-order chi connectivity index (χ1) is 11.8. The highest BCUT2D eigenvalue weighted by Gasteiger charge is 2.25. The van der Waals surface area contributed by atoms with Crippen molar-refractivity contribution in [2.45, 2.75) is 31.8 Å². The van der Waals surface area contributed by atoms with Gasteiger partial charge in [0.25, 0.3) is 0 Å². The average Bonchev–Trinajstić information content (AvgIpc) is 2.96. The van der Waals surface area contributed by atoms with Crippen LogP contribution in [0.25, 0.3) is 10.9 Å². The minimum atomic E-state index is 0.213. The molecule has 2 fully saturated rings. The van der Waals surface area contributed by atoms with E-state index in [0.717, 1.165) is 57.6 Å². The molecule has 6 nitrogen and oxygen atoms in total. The van der Waals surface area contributed by atoms with Crippen molar-refractivity contribution in [3.05, 3.63) is 30.0 Å². The highest BCUT2D eigenvalue weighted by molar-refractivity contribution is 5.78. The van der Waals surface area contributed by atoms with E-state index >= 15 is 0 Å². The molecule has 128 valence electrons. The van der Waals surface area contributed by atoms with Crippen LogP contribution in [-0.2, 0) is 11.3 Å². The zero-order valence-electron chi connectivity index (χ0n) is 14.0. The van der Waals surface area contributed by atoms with Crippen LogP contribution in [0.3, 0.4) is 0 Å². The van der Waals surface area contributed by atoms with Crippen LogP contribution >= 0.6 is 0 Å². The van der Waals surface area contributed by atoms with Crippen molar-refractivity contribution in [1.82, 2.24) is 25.3 Å². The van der Waals surface area contributed by atoms with E-state index in [1.165, 1.54) is 10.9 Å². The fraction of sp³-hybridized carbons (Fsp3) is 0.556. The van der Waals surface area contributed by atoms with Crippen LogP contribution in [0.5, 0.6) is 0 Å². The molecule has 0 saturated carbocycles. The van der Waals surface area contributed by atoms with Crippen molar-refractivity contribution >= 4 is 16.8 Å². The molecule has 4 rings (SSSR count). The predicted octanol–water partition coefficient (Wildman–Crippen LogP) is 1.35. The van der Waals surface area contributed by atoms with E-state index in [-0.39, 0.29) is 5.91 Å². The van der Waals surface area contributed by atoms with E-state index in [9.17, 15) is 4.79 Å². The second-order valence-corrected chi connectivity index (χ2v) is 6.93. The van der Waals surface area contributed by atoms with Gasteiger partial charge in [-0.15, -0.1) is 0 Å². The molecule has 2 aliphatic heterocycles. The fourth-order valence-corrected chi connectivity index (χ4v) is 3.90. The fourth-order valence-electron chi connectivity index (χ4n) is 3.90. The molecule has 6 heteroatoms. The van der Waals surface area contributed by atoms with Gasteiger partial charge in [-0.05, 0) is 24.5 Å². The topological polar surface area (TPSA) is 64.3 Å². The number of amides is 1. The summed E-state index contributed by atoms with van der Waals surface area (Å²) in [5.41, 5.74) is 2.45. The minimum Gasteiger partial charge on any atom is -0.356 e. The van der Waals surface area contributed by atoms with Gasteiger partial charge in [-0.2, -0.15) is 5.10 Å². The van der Waals surface area contributed by atoms with Crippen LogP contribution in [0.1, 0.15) is 24.8 Å². The highest BCUT2D eigenvalue weighted by atomic mass is 16.1. The molecule has 1 aromatic carbocycles. The van der Waals surface area contributed by atoms with Crippen LogP contribution in [-0.4, -0.2) is 64.7 Å². The molecule has 1 amide bonds. The summed E-state index contributed by atoms with van der Waals surface area (Å²) in [7, 11) is 0. The predicted molar refractivity (Wildman–Crippen MR) is 93.6 cm³/mol.